The molecule has 7 aliphatic rings. The molecule has 0 spiro atoms. The van der Waals surface area contributed by atoms with Crippen LogP contribution in [0.3, 0.4) is 0 Å². The average molecular weight is 2280 g/mol. The van der Waals surface area contributed by atoms with Crippen LogP contribution in [0.4, 0.5) is 23.3 Å². The number of nitrogen functional groups attached to an aromatic ring is 4. The van der Waals surface area contributed by atoms with Crippen molar-refractivity contribution < 1.29 is 130 Å². The maximum atomic E-state index is 14.8. The van der Waals surface area contributed by atoms with E-state index in [1.807, 2.05) is 0 Å². The van der Waals surface area contributed by atoms with Crippen LogP contribution < -0.4 is 73.8 Å². The van der Waals surface area contributed by atoms with Crippen molar-refractivity contribution in [2.24, 2.45) is 0 Å². The third-order valence-electron chi connectivity index (χ3n) is 23.7. The number of aryl methyl sites for hydroxylation is 6. The first-order valence-electron chi connectivity index (χ1n) is 43.1. The highest BCUT2D eigenvalue weighted by molar-refractivity contribution is 8.44. The summed E-state index contributed by atoms with van der Waals surface area (Å²) in [7, 11) is 1.10. The van der Waals surface area contributed by atoms with Crippen LogP contribution in [0.25, 0.3) is 11.2 Å². The lowest BCUT2D eigenvalue weighted by molar-refractivity contribution is -0.0572. The van der Waals surface area contributed by atoms with Crippen LogP contribution in [0.5, 0.6) is 0 Å². The van der Waals surface area contributed by atoms with Gasteiger partial charge in [-0.3, -0.25) is 70.4 Å². The number of hydrogen-bond acceptors (Lipinski definition) is 47. The Kier molecular flexibility index (Phi) is 34.7. The van der Waals surface area contributed by atoms with Crippen molar-refractivity contribution in [1.82, 2.24) is 76.8 Å². The molecule has 28 atom stereocenters. The fourth-order valence-electron chi connectivity index (χ4n) is 16.4. The second-order valence-corrected chi connectivity index (χ2v) is 53.4. The molecule has 0 bridgehead atoms. The van der Waals surface area contributed by atoms with E-state index in [4.69, 9.17) is 190 Å². The van der Waals surface area contributed by atoms with E-state index in [1.165, 1.54) is 73.4 Å². The predicted molar refractivity (Wildman–Crippen MR) is 523 cm³/mol. The second kappa shape index (κ2) is 44.8. The van der Waals surface area contributed by atoms with E-state index in [2.05, 4.69) is 57.1 Å². The lowest BCUT2D eigenvalue weighted by atomic mass is 10.1. The third-order valence-corrected chi connectivity index (χ3v) is 35.0. The van der Waals surface area contributed by atoms with E-state index in [9.17, 15) is 77.1 Å². The largest absolute Gasteiger partial charge is 0.386 e. The number of nitrogens with one attached hydrogen (secondary N) is 3. The summed E-state index contributed by atoms with van der Waals surface area (Å²) in [5, 5.41) is 0. The summed E-state index contributed by atoms with van der Waals surface area (Å²) >= 11 is 37.5. The molecular formula is C72H99N20O37P7S7. The van der Waals surface area contributed by atoms with Gasteiger partial charge in [0.2, 0.25) is 0 Å². The van der Waals surface area contributed by atoms with E-state index in [1.54, 1.807) is 27.7 Å². The Morgan fingerprint density at radius 1 is 0.364 bits per heavy atom. The number of nitrogens with zero attached hydrogens (tertiary/aromatic N) is 13. The molecule has 71 heteroatoms. The average Bonchev–Trinajstić information content (AvgIpc) is 1.62. The minimum absolute atomic E-state index is 0.00967. The molecule has 0 radical (unpaired) electrons. The number of thiol groups is 1. The van der Waals surface area contributed by atoms with Gasteiger partial charge in [-0.15, -0.1) is 0 Å². The van der Waals surface area contributed by atoms with Gasteiger partial charge in [0, 0.05) is 123 Å². The first kappa shape index (κ1) is 111. The van der Waals surface area contributed by atoms with Crippen LogP contribution in [-0.4, -0.2) is 238 Å². The van der Waals surface area contributed by atoms with Gasteiger partial charge in [-0.05, 0) is 119 Å². The second-order valence-electron chi connectivity index (χ2n) is 33.7. The summed E-state index contributed by atoms with van der Waals surface area (Å²) < 4.78 is 150. The number of ether oxygens (including phenoxy) is 7. The number of aromatic nitrogens is 16. The minimum Gasteiger partial charge on any atom is -0.383 e. The Labute approximate surface area is 842 Å². The molecule has 17 N–H and O–H groups in total. The fraction of sp³-hybridized carbons (Fsp3) is 0.597. The molecule has 7 saturated heterocycles. The number of anilines is 4. The van der Waals surface area contributed by atoms with Gasteiger partial charge in [-0.1, -0.05) is 19.2 Å². The molecule has 7 aliphatic heterocycles. The first-order valence-corrected chi connectivity index (χ1v) is 61.4. The first-order chi connectivity index (χ1) is 67.1. The molecule has 0 aromatic carbocycles. The highest BCUT2D eigenvalue weighted by Gasteiger charge is 2.52. The van der Waals surface area contributed by atoms with Crippen molar-refractivity contribution in [3.8, 4) is 0 Å². The van der Waals surface area contributed by atoms with E-state index in [0.29, 0.717) is 23.1 Å². The lowest BCUT2D eigenvalue weighted by Gasteiger charge is -2.28. The lowest BCUT2D eigenvalue weighted by Crippen LogP contribution is -2.33. The maximum absolute atomic E-state index is 14.8. The quantitative estimate of drug-likeness (QED) is 0.0191. The summed E-state index contributed by atoms with van der Waals surface area (Å²) in [5.41, 5.74) is 18.4. The molecule has 143 heavy (non-hydrogen) atoms. The van der Waals surface area contributed by atoms with Crippen molar-refractivity contribution in [1.29, 1.82) is 0 Å². The van der Waals surface area contributed by atoms with Crippen LogP contribution >= 0.6 is 59.4 Å². The maximum Gasteiger partial charge on any atom is 0.386 e. The molecule has 7 unspecified atom stereocenters. The van der Waals surface area contributed by atoms with Crippen LogP contribution in [0.2, 0.25) is 0 Å². The van der Waals surface area contributed by atoms with Gasteiger partial charge < -0.3 is 140 Å². The van der Waals surface area contributed by atoms with Crippen molar-refractivity contribution in [3.63, 3.8) is 0 Å². The van der Waals surface area contributed by atoms with E-state index in [0.717, 1.165) is 36.3 Å². The number of hydrogen-bond donors (Lipinski definition) is 14. The van der Waals surface area contributed by atoms with E-state index in [-0.39, 0.29) is 89.7 Å². The number of imidazole rings is 1. The Morgan fingerprint density at radius 3 is 0.909 bits per heavy atom. The predicted octanol–water partition coefficient (Wildman–Crippen LogP) is 1.63. The monoisotopic (exact) mass is 2280 g/mol. The van der Waals surface area contributed by atoms with Crippen molar-refractivity contribution in [2.75, 3.05) is 69.7 Å². The van der Waals surface area contributed by atoms with Crippen molar-refractivity contribution in [2.45, 2.75) is 229 Å². The van der Waals surface area contributed by atoms with Crippen LogP contribution in [0, 0.1) is 41.5 Å². The number of nitrogens with two attached hydrogens (primary N) is 4. The normalized spacial score (nSPS) is 29.7. The van der Waals surface area contributed by atoms with Crippen molar-refractivity contribution in [3.05, 3.63) is 177 Å². The van der Waals surface area contributed by atoms with Crippen molar-refractivity contribution >= 4 is 165 Å². The third kappa shape index (κ3) is 26.9. The zero-order valence-electron chi connectivity index (χ0n) is 76.1. The molecule has 0 saturated carbocycles. The Hall–Kier alpha value is -6.17. The van der Waals surface area contributed by atoms with Crippen LogP contribution in [0.15, 0.2) is 93.0 Å². The Balaban J connectivity index is 0.635. The molecule has 15 heterocycles. The molecule has 7 fully saturated rings. The smallest absolute Gasteiger partial charge is 0.383 e. The zero-order chi connectivity index (χ0) is 104. The molecule has 8 aromatic rings. The molecule has 15 rings (SSSR count). The van der Waals surface area contributed by atoms with E-state index >= 15 is 0 Å². The molecule has 8 aromatic heterocycles. The van der Waals surface area contributed by atoms with Crippen LogP contribution in [0.1, 0.15) is 135 Å². The summed E-state index contributed by atoms with van der Waals surface area (Å²) in [6.45, 7) is -25.7. The zero-order valence-corrected chi connectivity index (χ0v) is 88.2. The number of H-pyrrole nitrogens is 3. The molecule has 786 valence electrons. The van der Waals surface area contributed by atoms with Crippen LogP contribution in [-0.2, 0) is 172 Å². The highest BCUT2D eigenvalue weighted by atomic mass is 32.7. The standard InChI is InChI=1S/C72H99N20O37P7S7/c1-9-37-38(10-51(116-37)86-17-31(2)59(73)80-67(86)96)124-131(103,138)110-24-48-42(14-55(120-48)90-21-35(6)65(94)84-71(90)100)127-134(106,141)113-27-49-43(15-56(121-49)91-22-36(7)66(95)85-72(91)101)128-133(105,140)112-25-46-41(13-53(118-46)88-19-33(4)61(75)82-69(88)98)126-135(107,142)115-28-50-44(16-57(122-50)92-30-79-58-62(76)77-29-78-63(58)92)129-136(108,143)114-26-47-40(12-52(119-47)87-18-32(3)60(74)81-68(87)97)125-132(104,139)111-23-45-39(123-130(102,137)109-8)11-54(117-45)89-20-34(5)64(93)83-70(89)99/h17-22,29-30,37-57H,9-16,23-28H2,1-8H3,(H,102,137)(H,103,138)(H,104,139)(H,105,140)(H,106,141)(H,107,142)(H,108,143)(H2,73,80,96)(H2,74,81,97)(H2,75,82,98)(H2,76,77,78)(H,83,93,99)(H,84,94,100)(H,85,95,101)/t37-,38-,39-,40-,41-,42-,43-,44-,45-,46-,47-,48-,49-,50-,51-,52-,53-,54-,55-,56-,57-,130?,131?,132?,133?,134?,135?,136?/m1/s1. The molecule has 57 nitrogen and oxygen atoms in total. The van der Waals surface area contributed by atoms with Gasteiger partial charge in [0.05, 0.1) is 88.7 Å². The molecule has 0 aliphatic carbocycles. The van der Waals surface area contributed by atoms with Gasteiger partial charge in [-0.2, -0.15) is 15.0 Å². The Morgan fingerprint density at radius 2 is 0.615 bits per heavy atom. The Bertz CT molecular complexity index is 7110. The topological polar surface area (TPSA) is 749 Å². The number of fused-ring (bicyclic) bond motifs is 1. The summed E-state index contributed by atoms with van der Waals surface area (Å²) in [5.74, 6) is -0.243. The van der Waals surface area contributed by atoms with Gasteiger partial charge >= 0.3 is 81.2 Å². The fourth-order valence-corrected chi connectivity index (χ4v) is 26.3. The molecular weight excluding hydrogens is 2180 g/mol. The summed E-state index contributed by atoms with van der Waals surface area (Å²) in [6.07, 6.45) is -18.7. The van der Waals surface area contributed by atoms with Gasteiger partial charge in [-0.25, -0.2) is 48.3 Å². The van der Waals surface area contributed by atoms with Gasteiger partial charge in [0.15, 0.2) is 11.5 Å². The minimum atomic E-state index is -4.81. The van der Waals surface area contributed by atoms with E-state index < -0.39 is 273 Å². The summed E-state index contributed by atoms with van der Waals surface area (Å²) in [4.78, 5) is 220. The van der Waals surface area contributed by atoms with Gasteiger partial charge in [0.1, 0.15) is 116 Å². The number of aromatic amines is 3. The summed E-state index contributed by atoms with van der Waals surface area (Å²) in [6, 6.07) is 0. The molecule has 0 amide bonds. The number of rotatable bonds is 41. The van der Waals surface area contributed by atoms with Gasteiger partial charge in [0.25, 0.3) is 16.7 Å². The SMILES string of the molecule is CC[C@H]1O[C@@H](n2cc(C)c(N)nc2=O)C[C@H]1OP(O)(=S)OC[C@H]1O[C@@H](n2cc(C)c(=O)[nH]c2=O)C[C@H]1OP(=O)(S)OC[C@H]1O[C@@H](n2cc(C)c(=O)[nH]c2=O)C[C@H]1OP(O)(=S)OC[C@H]1O[C@@H](n2cc(C)c(N)nc2=O)C[C@H]1OP(O)(=S)OC[C@H]1O[C@@H](n2cnc3c(N)ncnc32)C[C@H]1OP(O)(=S)OC[C@H]1O[C@@H](n2cc(C)c(N)nc2=O)C[C@H]1OP(O)(=S)OC[C@H]1O[C@@H](n2cc(C)c(=O)[nH]c2=O)C[C@H]1OP(O)(=S)OC. The highest BCUT2D eigenvalue weighted by Crippen LogP contribution is 2.60.